The molecule has 1 saturated carbocycles. The van der Waals surface area contributed by atoms with Crippen LogP contribution in [0.4, 0.5) is 8.78 Å². The minimum atomic E-state index is -3.13. The van der Waals surface area contributed by atoms with Gasteiger partial charge in [0.25, 0.3) is 11.8 Å². The first-order valence-corrected chi connectivity index (χ1v) is 14.0. The van der Waals surface area contributed by atoms with Gasteiger partial charge in [-0.05, 0) is 43.9 Å². The molecule has 2 bridgehead atoms. The molecule has 1 aromatic carbocycles. The van der Waals surface area contributed by atoms with Crippen LogP contribution in [0.25, 0.3) is 10.9 Å². The number of nitrogens with zero attached hydrogens (tertiary/aromatic N) is 1. The lowest BCUT2D eigenvalue weighted by molar-refractivity contribution is -0.179. The fourth-order valence-corrected chi connectivity index (χ4v) is 6.81. The molecule has 5 fully saturated rings. The van der Waals surface area contributed by atoms with Crippen molar-refractivity contribution in [3.05, 3.63) is 41.6 Å². The summed E-state index contributed by atoms with van der Waals surface area (Å²) in [6.45, 7) is 0.713. The van der Waals surface area contributed by atoms with Crippen LogP contribution >= 0.6 is 0 Å². The van der Waals surface area contributed by atoms with Crippen LogP contribution in [0, 0.1) is 11.8 Å². The zero-order chi connectivity index (χ0) is 28.9. The van der Waals surface area contributed by atoms with E-state index in [1.807, 2.05) is 0 Å². The number of benzene rings is 1. The SMILES string of the molecule is COc1cccc2[nH]c(C(=O)N3[C@@H]4CC[C@H]([C@H]3C(=O)N[C@@H](/C=C3\CCOC3=O)C[C@@H]3CCNC3=O)C(F)(F)C4)cc12. The fourth-order valence-electron chi connectivity index (χ4n) is 6.81. The van der Waals surface area contributed by atoms with Gasteiger partial charge in [0.2, 0.25) is 11.8 Å². The number of aromatic nitrogens is 1. The predicted octanol–water partition coefficient (Wildman–Crippen LogP) is 2.69. The van der Waals surface area contributed by atoms with Crippen LogP contribution < -0.4 is 15.4 Å². The lowest BCUT2D eigenvalue weighted by Crippen LogP contribution is -2.68. The molecule has 1 aliphatic carbocycles. The number of esters is 1. The molecule has 0 radical (unpaired) electrons. The zero-order valence-electron chi connectivity index (χ0n) is 22.6. The number of methoxy groups -OCH3 is 1. The van der Waals surface area contributed by atoms with Gasteiger partial charge in [-0.15, -0.1) is 0 Å². The van der Waals surface area contributed by atoms with Crippen molar-refractivity contribution in [3.8, 4) is 5.75 Å². The molecule has 41 heavy (non-hydrogen) atoms. The molecule has 1 aromatic heterocycles. The van der Waals surface area contributed by atoms with Gasteiger partial charge in [-0.1, -0.05) is 12.1 Å². The number of rotatable bonds is 7. The van der Waals surface area contributed by atoms with Gasteiger partial charge in [0.1, 0.15) is 17.5 Å². The van der Waals surface area contributed by atoms with E-state index in [0.29, 0.717) is 48.0 Å². The van der Waals surface area contributed by atoms with Crippen LogP contribution in [0.15, 0.2) is 35.9 Å². The normalized spacial score (nSPS) is 28.6. The molecule has 4 saturated heterocycles. The van der Waals surface area contributed by atoms with Crippen LogP contribution in [0.2, 0.25) is 0 Å². The van der Waals surface area contributed by atoms with Crippen LogP contribution in [-0.4, -0.2) is 77.9 Å². The van der Waals surface area contributed by atoms with E-state index >= 15 is 8.78 Å². The second kappa shape index (κ2) is 10.5. The molecule has 2 aromatic rings. The lowest BCUT2D eigenvalue weighted by Gasteiger charge is -2.53. The number of hydrogen-bond donors (Lipinski definition) is 3. The molecule has 7 rings (SSSR count). The van der Waals surface area contributed by atoms with E-state index in [4.69, 9.17) is 9.47 Å². The van der Waals surface area contributed by atoms with Gasteiger partial charge in [-0.2, -0.15) is 0 Å². The molecule has 3 amide bonds. The Morgan fingerprint density at radius 3 is 2.78 bits per heavy atom. The number of ether oxygens (including phenoxy) is 2. The van der Waals surface area contributed by atoms with Gasteiger partial charge in [0, 0.05) is 53.9 Å². The van der Waals surface area contributed by atoms with Crippen molar-refractivity contribution < 1.29 is 37.4 Å². The minimum Gasteiger partial charge on any atom is -0.496 e. The van der Waals surface area contributed by atoms with Gasteiger partial charge in [0.05, 0.1) is 19.6 Å². The highest BCUT2D eigenvalue weighted by atomic mass is 19.3. The van der Waals surface area contributed by atoms with Gasteiger partial charge in [-0.25, -0.2) is 13.6 Å². The Bertz CT molecular complexity index is 1440. The maximum atomic E-state index is 15.2. The van der Waals surface area contributed by atoms with Crippen LogP contribution in [0.5, 0.6) is 5.75 Å². The largest absolute Gasteiger partial charge is 0.496 e. The van der Waals surface area contributed by atoms with Crippen LogP contribution in [0.1, 0.15) is 49.0 Å². The molecule has 12 heteroatoms. The molecule has 5 aliphatic rings. The standard InChI is InChI=1S/C29H32F2N4O6/c1-40-23-4-2-3-21-19(23)13-22(34-21)27(38)35-18-5-6-20(29(30,31)14-18)24(35)26(37)33-17(11-15-7-9-32-25(15)36)12-16-8-10-41-28(16)39/h2-4,12-13,15,17-18,20,24,34H,5-11,14H2,1H3,(H,32,36)(H,33,37)/b16-12+/t15-,17+,18+,20+,24-/m0/s1. The summed E-state index contributed by atoms with van der Waals surface area (Å²) in [5.41, 5.74) is 1.18. The number of cyclic esters (lactones) is 1. The summed E-state index contributed by atoms with van der Waals surface area (Å²) in [5.74, 6) is -6.28. The lowest BCUT2D eigenvalue weighted by atomic mass is 9.71. The first kappa shape index (κ1) is 27.2. The topological polar surface area (TPSA) is 130 Å². The van der Waals surface area contributed by atoms with E-state index in [9.17, 15) is 19.2 Å². The Morgan fingerprint density at radius 1 is 1.27 bits per heavy atom. The molecular formula is C29H32F2N4O6. The molecule has 5 atom stereocenters. The number of aromatic amines is 1. The van der Waals surface area contributed by atoms with Crippen LogP contribution in [-0.2, 0) is 19.1 Å². The summed E-state index contributed by atoms with van der Waals surface area (Å²) in [5, 5.41) is 6.25. The molecule has 4 aliphatic heterocycles. The minimum absolute atomic E-state index is 0.100. The van der Waals surface area contributed by atoms with Crippen molar-refractivity contribution in [1.82, 2.24) is 20.5 Å². The Balaban J connectivity index is 1.32. The van der Waals surface area contributed by atoms with Gasteiger partial charge < -0.3 is 30.0 Å². The van der Waals surface area contributed by atoms with Crippen LogP contribution in [0.3, 0.4) is 0 Å². The molecule has 218 valence electrons. The highest BCUT2D eigenvalue weighted by Gasteiger charge is 2.60. The van der Waals surface area contributed by atoms with E-state index < -0.39 is 60.1 Å². The predicted molar refractivity (Wildman–Crippen MR) is 142 cm³/mol. The average Bonchev–Trinajstić information content (AvgIpc) is 3.67. The van der Waals surface area contributed by atoms with E-state index in [2.05, 4.69) is 15.6 Å². The summed E-state index contributed by atoms with van der Waals surface area (Å²) in [4.78, 5) is 56.6. The average molecular weight is 571 g/mol. The highest BCUT2D eigenvalue weighted by molar-refractivity contribution is 6.02. The summed E-state index contributed by atoms with van der Waals surface area (Å²) in [6.07, 6.45) is 2.61. The number of hydrogen-bond acceptors (Lipinski definition) is 6. The summed E-state index contributed by atoms with van der Waals surface area (Å²) < 4.78 is 40.9. The summed E-state index contributed by atoms with van der Waals surface area (Å²) in [7, 11) is 1.52. The number of alkyl halides is 2. The number of piperidine rings is 2. The number of carbonyl (C=O) groups is 4. The van der Waals surface area contributed by atoms with Crippen molar-refractivity contribution in [2.75, 3.05) is 20.3 Å². The molecule has 3 N–H and O–H groups in total. The van der Waals surface area contributed by atoms with Gasteiger partial charge in [0.15, 0.2) is 0 Å². The van der Waals surface area contributed by atoms with Crippen molar-refractivity contribution in [1.29, 1.82) is 0 Å². The maximum Gasteiger partial charge on any atom is 0.333 e. The van der Waals surface area contributed by atoms with E-state index in [0.717, 1.165) is 0 Å². The maximum absolute atomic E-state index is 15.2. The van der Waals surface area contributed by atoms with Gasteiger partial charge >= 0.3 is 5.97 Å². The fraction of sp³-hybridized carbons (Fsp3) is 0.517. The zero-order valence-corrected chi connectivity index (χ0v) is 22.6. The second-order valence-electron chi connectivity index (χ2n) is 11.3. The first-order valence-electron chi connectivity index (χ1n) is 14.0. The van der Waals surface area contributed by atoms with Gasteiger partial charge in [-0.3, -0.25) is 14.4 Å². The van der Waals surface area contributed by atoms with E-state index in [-0.39, 0.29) is 31.0 Å². The smallest absolute Gasteiger partial charge is 0.333 e. The monoisotopic (exact) mass is 570 g/mol. The summed E-state index contributed by atoms with van der Waals surface area (Å²) in [6, 6.07) is 3.89. The Kier molecular flexibility index (Phi) is 6.95. The third-order valence-electron chi connectivity index (χ3n) is 8.81. The number of nitrogens with one attached hydrogen (secondary N) is 3. The van der Waals surface area contributed by atoms with E-state index in [1.54, 1.807) is 30.3 Å². The molecule has 0 spiro atoms. The molecular weight excluding hydrogens is 538 g/mol. The number of fused-ring (bicyclic) bond motifs is 4. The third-order valence-corrected chi connectivity index (χ3v) is 8.81. The Morgan fingerprint density at radius 2 is 2.10 bits per heavy atom. The van der Waals surface area contributed by atoms with Crippen molar-refractivity contribution in [2.45, 2.75) is 62.6 Å². The second-order valence-corrected chi connectivity index (χ2v) is 11.3. The van der Waals surface area contributed by atoms with Crippen molar-refractivity contribution in [2.24, 2.45) is 11.8 Å². The third kappa shape index (κ3) is 4.93. The highest BCUT2D eigenvalue weighted by Crippen LogP contribution is 2.49. The molecule has 5 heterocycles. The van der Waals surface area contributed by atoms with Crippen molar-refractivity contribution in [3.63, 3.8) is 0 Å². The number of H-pyrrole nitrogens is 1. The first-order chi connectivity index (χ1) is 19.7. The summed E-state index contributed by atoms with van der Waals surface area (Å²) >= 11 is 0. The Hall–Kier alpha value is -3.96. The van der Waals surface area contributed by atoms with Crippen molar-refractivity contribution >= 4 is 34.6 Å². The van der Waals surface area contributed by atoms with E-state index in [1.165, 1.54) is 12.0 Å². The molecule has 0 unspecified atom stereocenters. The number of halogens is 2. The quantitative estimate of drug-likeness (QED) is 0.347. The number of carbonyl (C=O) groups excluding carboxylic acids is 4. The molecule has 10 nitrogen and oxygen atoms in total. The Labute approximate surface area is 234 Å². The number of amides is 3.